The van der Waals surface area contributed by atoms with Gasteiger partial charge in [0.05, 0.1) is 28.4 Å². The van der Waals surface area contributed by atoms with Crippen molar-refractivity contribution in [2.24, 2.45) is 0 Å². The zero-order valence-corrected chi connectivity index (χ0v) is 19.8. The molecule has 1 amide bonds. The van der Waals surface area contributed by atoms with E-state index < -0.39 is 28.5 Å². The number of carbonyl (C=O) groups excluding carboxylic acids is 3. The smallest absolute Gasteiger partial charge is 0.338 e. The number of rotatable bonds is 10. The fraction of sp³-hybridized carbons (Fsp3) is 0.115. The van der Waals surface area contributed by atoms with Crippen LogP contribution in [0.2, 0.25) is 0 Å². The molecule has 0 bridgehead atoms. The van der Waals surface area contributed by atoms with Crippen LogP contribution in [-0.2, 0) is 19.6 Å². The number of sulfonamides is 1. The first-order chi connectivity index (χ1) is 16.7. The van der Waals surface area contributed by atoms with Gasteiger partial charge in [-0.05, 0) is 49.4 Å². The van der Waals surface area contributed by atoms with Crippen molar-refractivity contribution >= 4 is 39.1 Å². The van der Waals surface area contributed by atoms with E-state index >= 15 is 0 Å². The summed E-state index contributed by atoms with van der Waals surface area (Å²) in [5, 5.41) is 2.53. The molecule has 0 atom stereocenters. The standard InChI is InChI=1S/C26H24N2O6S/c1-3-16-28(21-11-5-4-6-12-21)35(32,33)22-13-9-10-20(17-22)26(31)34-18-25(30)27-24-15-8-7-14-23(24)19(2)29/h3-15,17H,1,16,18H2,2H3,(H,27,30). The van der Waals surface area contributed by atoms with Gasteiger partial charge < -0.3 is 10.1 Å². The molecule has 0 fully saturated rings. The van der Waals surface area contributed by atoms with Crippen molar-refractivity contribution in [3.63, 3.8) is 0 Å². The van der Waals surface area contributed by atoms with Crippen molar-refractivity contribution in [1.29, 1.82) is 0 Å². The third kappa shape index (κ3) is 6.21. The number of esters is 1. The number of carbonyl (C=O) groups is 3. The Labute approximate surface area is 203 Å². The maximum absolute atomic E-state index is 13.3. The molecule has 8 nitrogen and oxygen atoms in total. The molecule has 9 heteroatoms. The third-order valence-electron chi connectivity index (χ3n) is 4.91. The van der Waals surface area contributed by atoms with Gasteiger partial charge in [0, 0.05) is 5.56 Å². The molecular weight excluding hydrogens is 468 g/mol. The van der Waals surface area contributed by atoms with Crippen molar-refractivity contribution in [1.82, 2.24) is 0 Å². The summed E-state index contributed by atoms with van der Waals surface area (Å²) < 4.78 is 32.8. The lowest BCUT2D eigenvalue weighted by Crippen LogP contribution is -2.31. The molecule has 0 radical (unpaired) electrons. The Morgan fingerprint density at radius 2 is 1.66 bits per heavy atom. The van der Waals surface area contributed by atoms with E-state index in [1.165, 1.54) is 41.6 Å². The number of para-hydroxylation sites is 2. The maximum Gasteiger partial charge on any atom is 0.338 e. The van der Waals surface area contributed by atoms with Gasteiger partial charge in [-0.1, -0.05) is 42.5 Å². The molecule has 0 aromatic heterocycles. The van der Waals surface area contributed by atoms with Gasteiger partial charge in [0.1, 0.15) is 0 Å². The van der Waals surface area contributed by atoms with Gasteiger partial charge in [0.2, 0.25) is 0 Å². The lowest BCUT2D eigenvalue weighted by atomic mass is 10.1. The van der Waals surface area contributed by atoms with Gasteiger partial charge in [-0.3, -0.25) is 13.9 Å². The highest BCUT2D eigenvalue weighted by molar-refractivity contribution is 7.92. The number of anilines is 2. The van der Waals surface area contributed by atoms with E-state index in [1.54, 1.807) is 54.6 Å². The number of ketones is 1. The molecule has 0 aliphatic heterocycles. The quantitative estimate of drug-likeness (QED) is 0.260. The highest BCUT2D eigenvalue weighted by atomic mass is 32.2. The van der Waals surface area contributed by atoms with E-state index in [1.807, 2.05) is 0 Å². The topological polar surface area (TPSA) is 110 Å². The monoisotopic (exact) mass is 492 g/mol. The number of benzene rings is 3. The summed E-state index contributed by atoms with van der Waals surface area (Å²) >= 11 is 0. The van der Waals surface area contributed by atoms with Crippen LogP contribution in [0.5, 0.6) is 0 Å². The summed E-state index contributed by atoms with van der Waals surface area (Å²) in [5.74, 6) is -1.74. The van der Waals surface area contributed by atoms with E-state index in [9.17, 15) is 22.8 Å². The molecule has 0 saturated carbocycles. The lowest BCUT2D eigenvalue weighted by Gasteiger charge is -2.23. The van der Waals surface area contributed by atoms with E-state index in [2.05, 4.69) is 11.9 Å². The Kier molecular flexibility index (Phi) is 8.17. The van der Waals surface area contributed by atoms with Crippen LogP contribution in [0.15, 0.2) is 96.4 Å². The van der Waals surface area contributed by atoms with E-state index in [0.29, 0.717) is 16.9 Å². The molecule has 0 spiro atoms. The first-order valence-corrected chi connectivity index (χ1v) is 12.0. The zero-order chi connectivity index (χ0) is 25.4. The molecule has 1 N–H and O–H groups in total. The first kappa shape index (κ1) is 25.4. The lowest BCUT2D eigenvalue weighted by molar-refractivity contribution is -0.119. The Hall–Kier alpha value is -4.24. The van der Waals surface area contributed by atoms with Crippen LogP contribution in [0.3, 0.4) is 0 Å². The fourth-order valence-electron chi connectivity index (χ4n) is 3.26. The van der Waals surface area contributed by atoms with Gasteiger partial charge in [0.15, 0.2) is 12.4 Å². The highest BCUT2D eigenvalue weighted by Gasteiger charge is 2.25. The van der Waals surface area contributed by atoms with E-state index in [0.717, 1.165) is 0 Å². The minimum atomic E-state index is -4.01. The molecule has 3 aromatic carbocycles. The van der Waals surface area contributed by atoms with Crippen LogP contribution in [0.4, 0.5) is 11.4 Å². The second-order valence-electron chi connectivity index (χ2n) is 7.41. The van der Waals surface area contributed by atoms with Crippen molar-refractivity contribution in [3.05, 3.63) is 103 Å². The largest absolute Gasteiger partial charge is 0.452 e. The molecule has 0 heterocycles. The highest BCUT2D eigenvalue weighted by Crippen LogP contribution is 2.24. The number of amides is 1. The number of nitrogens with one attached hydrogen (secondary N) is 1. The molecule has 180 valence electrons. The molecule has 3 rings (SSSR count). The van der Waals surface area contributed by atoms with E-state index in [-0.39, 0.29) is 22.8 Å². The number of Topliss-reactive ketones (excluding diaryl/α,β-unsaturated/α-hetero) is 1. The summed E-state index contributed by atoms with van der Waals surface area (Å²) in [7, 11) is -4.01. The average Bonchev–Trinajstić information content (AvgIpc) is 2.86. The minimum Gasteiger partial charge on any atom is -0.452 e. The number of nitrogens with zero attached hydrogens (tertiary/aromatic N) is 1. The number of hydrogen-bond donors (Lipinski definition) is 1. The number of ether oxygens (including phenoxy) is 1. The van der Waals surface area contributed by atoms with Crippen LogP contribution in [0.25, 0.3) is 0 Å². The second kappa shape index (κ2) is 11.3. The Balaban J connectivity index is 1.73. The van der Waals surface area contributed by atoms with Gasteiger partial charge in [-0.25, -0.2) is 13.2 Å². The molecule has 35 heavy (non-hydrogen) atoms. The molecule has 3 aromatic rings. The normalized spacial score (nSPS) is 10.8. The first-order valence-electron chi connectivity index (χ1n) is 10.6. The summed E-state index contributed by atoms with van der Waals surface area (Å²) in [4.78, 5) is 36.4. The maximum atomic E-state index is 13.3. The third-order valence-corrected chi connectivity index (χ3v) is 6.70. The molecule has 0 unspecified atom stereocenters. The summed E-state index contributed by atoms with van der Waals surface area (Å²) in [6.07, 6.45) is 1.46. The van der Waals surface area contributed by atoms with Gasteiger partial charge >= 0.3 is 5.97 Å². The SMILES string of the molecule is C=CCN(c1ccccc1)S(=O)(=O)c1cccc(C(=O)OCC(=O)Nc2ccccc2C(C)=O)c1. The van der Waals surface area contributed by atoms with Gasteiger partial charge in [-0.15, -0.1) is 6.58 Å². The minimum absolute atomic E-state index is 0.0307. The van der Waals surface area contributed by atoms with Crippen LogP contribution >= 0.6 is 0 Å². The molecular formula is C26H24N2O6S. The second-order valence-corrected chi connectivity index (χ2v) is 9.28. The zero-order valence-electron chi connectivity index (χ0n) is 19.0. The fourth-order valence-corrected chi connectivity index (χ4v) is 4.75. The van der Waals surface area contributed by atoms with Crippen molar-refractivity contribution in [2.75, 3.05) is 22.8 Å². The summed E-state index contributed by atoms with van der Waals surface area (Å²) in [5.41, 5.74) is 1.04. The van der Waals surface area contributed by atoms with Crippen LogP contribution in [-0.4, -0.2) is 39.2 Å². The van der Waals surface area contributed by atoms with Crippen molar-refractivity contribution < 1.29 is 27.5 Å². The predicted octanol–water partition coefficient (Wildman–Crippen LogP) is 4.07. The van der Waals surface area contributed by atoms with Crippen LogP contribution in [0.1, 0.15) is 27.6 Å². The van der Waals surface area contributed by atoms with Gasteiger partial charge in [-0.2, -0.15) is 0 Å². The van der Waals surface area contributed by atoms with Crippen molar-refractivity contribution in [3.8, 4) is 0 Å². The Bertz CT molecular complexity index is 1350. The number of hydrogen-bond acceptors (Lipinski definition) is 6. The average molecular weight is 493 g/mol. The van der Waals surface area contributed by atoms with Gasteiger partial charge in [0.25, 0.3) is 15.9 Å². The molecule has 0 aliphatic rings. The van der Waals surface area contributed by atoms with Crippen LogP contribution in [0, 0.1) is 0 Å². The summed E-state index contributed by atoms with van der Waals surface area (Å²) in [6.45, 7) is 4.42. The summed E-state index contributed by atoms with van der Waals surface area (Å²) in [6, 6.07) is 20.4. The van der Waals surface area contributed by atoms with E-state index in [4.69, 9.17) is 4.74 Å². The van der Waals surface area contributed by atoms with Crippen LogP contribution < -0.4 is 9.62 Å². The Morgan fingerprint density at radius 1 is 0.971 bits per heavy atom. The Morgan fingerprint density at radius 3 is 2.34 bits per heavy atom. The molecule has 0 aliphatic carbocycles. The predicted molar refractivity (Wildman–Crippen MR) is 133 cm³/mol. The van der Waals surface area contributed by atoms with Crippen molar-refractivity contribution in [2.45, 2.75) is 11.8 Å². The molecule has 0 saturated heterocycles.